The summed E-state index contributed by atoms with van der Waals surface area (Å²) in [6, 6.07) is 21.7. The van der Waals surface area contributed by atoms with Crippen LogP contribution >= 0.6 is 0 Å². The minimum atomic E-state index is -3.79. The molecule has 0 fully saturated rings. The lowest BCUT2D eigenvalue weighted by Crippen LogP contribution is -2.49. The highest BCUT2D eigenvalue weighted by Gasteiger charge is 2.36. The lowest BCUT2D eigenvalue weighted by atomic mass is 10.1. The molecular formula is C23H21N3O5S. The van der Waals surface area contributed by atoms with E-state index in [2.05, 4.69) is 5.32 Å². The Morgan fingerprint density at radius 2 is 1.72 bits per heavy atom. The Hall–Kier alpha value is -3.85. The molecule has 0 saturated carbocycles. The number of amides is 2. The predicted octanol–water partition coefficient (Wildman–Crippen LogP) is 2.52. The molecule has 0 aliphatic carbocycles. The van der Waals surface area contributed by atoms with E-state index in [1.807, 2.05) is 6.07 Å². The van der Waals surface area contributed by atoms with Gasteiger partial charge in [0.2, 0.25) is 15.9 Å². The molecule has 0 bridgehead atoms. The van der Waals surface area contributed by atoms with Crippen molar-refractivity contribution in [1.29, 1.82) is 0 Å². The molecule has 0 spiro atoms. The second-order valence-corrected chi connectivity index (χ2v) is 9.17. The van der Waals surface area contributed by atoms with Crippen molar-refractivity contribution in [2.45, 2.75) is 11.9 Å². The first-order valence-corrected chi connectivity index (χ1v) is 11.5. The number of fused-ring (bicyclic) bond motifs is 1. The van der Waals surface area contributed by atoms with Crippen molar-refractivity contribution in [2.24, 2.45) is 5.73 Å². The van der Waals surface area contributed by atoms with Crippen molar-refractivity contribution in [3.8, 4) is 5.75 Å². The number of benzene rings is 3. The fourth-order valence-corrected chi connectivity index (χ4v) is 5.02. The number of ether oxygens (including phenoxy) is 1. The Labute approximate surface area is 185 Å². The molecule has 8 nitrogen and oxygen atoms in total. The highest BCUT2D eigenvalue weighted by Crippen LogP contribution is 2.36. The summed E-state index contributed by atoms with van der Waals surface area (Å²) < 4.78 is 33.5. The van der Waals surface area contributed by atoms with E-state index >= 15 is 0 Å². The summed E-state index contributed by atoms with van der Waals surface area (Å²) in [6.07, 6.45) is -1.09. The van der Waals surface area contributed by atoms with Gasteiger partial charge in [-0.1, -0.05) is 48.5 Å². The van der Waals surface area contributed by atoms with Crippen molar-refractivity contribution < 1.29 is 22.7 Å². The number of nitrogens with zero attached hydrogens (tertiary/aromatic N) is 1. The number of carbonyl (C=O) groups is 2. The summed E-state index contributed by atoms with van der Waals surface area (Å²) in [5, 5.41) is 2.67. The molecule has 9 heteroatoms. The van der Waals surface area contributed by atoms with Gasteiger partial charge in [-0.2, -0.15) is 0 Å². The van der Waals surface area contributed by atoms with Crippen LogP contribution in [0.15, 0.2) is 78.9 Å². The summed E-state index contributed by atoms with van der Waals surface area (Å²) in [4.78, 5) is 24.3. The number of carbonyl (C=O) groups excluding carboxylic acids is 2. The molecule has 1 aliphatic rings. The highest BCUT2D eigenvalue weighted by molar-refractivity contribution is 7.92. The molecule has 2 amide bonds. The Morgan fingerprint density at radius 3 is 2.47 bits per heavy atom. The standard InChI is InChI=1S/C23H21N3O5S/c24-22(27)17-9-6-10-18(13-17)25-23(28)21-14-26(19-11-4-5-12-20(19)31-21)32(29,30)15-16-7-2-1-3-8-16/h1-13,21H,14-15H2,(H2,24,27)(H,25,28). The topological polar surface area (TPSA) is 119 Å². The lowest BCUT2D eigenvalue weighted by Gasteiger charge is -2.34. The first-order chi connectivity index (χ1) is 15.3. The maximum absolute atomic E-state index is 13.3. The van der Waals surface area contributed by atoms with Gasteiger partial charge in [0.05, 0.1) is 18.0 Å². The van der Waals surface area contributed by atoms with Crippen LogP contribution in [0.1, 0.15) is 15.9 Å². The zero-order chi connectivity index (χ0) is 22.7. The fraction of sp³-hybridized carbons (Fsp3) is 0.130. The minimum Gasteiger partial charge on any atom is -0.476 e. The molecule has 3 aromatic rings. The highest BCUT2D eigenvalue weighted by atomic mass is 32.2. The van der Waals surface area contributed by atoms with Crippen molar-refractivity contribution >= 4 is 33.2 Å². The van der Waals surface area contributed by atoms with Gasteiger partial charge in [-0.05, 0) is 35.9 Å². The van der Waals surface area contributed by atoms with Crippen molar-refractivity contribution in [3.05, 3.63) is 90.0 Å². The van der Waals surface area contributed by atoms with Gasteiger partial charge in [0.25, 0.3) is 5.91 Å². The van der Waals surface area contributed by atoms with Crippen LogP contribution in [0.3, 0.4) is 0 Å². The molecule has 164 valence electrons. The molecule has 32 heavy (non-hydrogen) atoms. The molecular weight excluding hydrogens is 430 g/mol. The van der Waals surface area contributed by atoms with E-state index in [9.17, 15) is 18.0 Å². The van der Waals surface area contributed by atoms with Crippen LogP contribution in [0.5, 0.6) is 5.75 Å². The van der Waals surface area contributed by atoms with E-state index in [0.29, 0.717) is 22.7 Å². The molecule has 3 N–H and O–H groups in total. The van der Waals surface area contributed by atoms with Gasteiger partial charge < -0.3 is 15.8 Å². The number of rotatable bonds is 6. The van der Waals surface area contributed by atoms with E-state index in [1.54, 1.807) is 60.7 Å². The Morgan fingerprint density at radius 1 is 1.00 bits per heavy atom. The summed E-state index contributed by atoms with van der Waals surface area (Å²) in [5.41, 5.74) is 6.90. The van der Waals surface area contributed by atoms with Crippen LogP contribution in [-0.2, 0) is 20.6 Å². The van der Waals surface area contributed by atoms with E-state index in [-0.39, 0.29) is 17.9 Å². The number of hydrogen-bond acceptors (Lipinski definition) is 5. The lowest BCUT2D eigenvalue weighted by molar-refractivity contribution is -0.122. The number of primary amides is 1. The molecule has 0 aromatic heterocycles. The first kappa shape index (κ1) is 21.4. The normalized spacial score (nSPS) is 15.4. The number of anilines is 2. The van der Waals surface area contributed by atoms with Gasteiger partial charge >= 0.3 is 0 Å². The molecule has 3 aromatic carbocycles. The van der Waals surface area contributed by atoms with E-state index in [0.717, 1.165) is 0 Å². The van der Waals surface area contributed by atoms with E-state index in [1.165, 1.54) is 16.4 Å². The number of para-hydroxylation sites is 2. The van der Waals surface area contributed by atoms with Crippen molar-refractivity contribution in [3.63, 3.8) is 0 Å². The van der Waals surface area contributed by atoms with Crippen LogP contribution in [0.25, 0.3) is 0 Å². The quantitative estimate of drug-likeness (QED) is 0.597. The molecule has 1 aliphatic heterocycles. The minimum absolute atomic E-state index is 0.187. The van der Waals surface area contributed by atoms with Crippen molar-refractivity contribution in [1.82, 2.24) is 0 Å². The zero-order valence-corrected chi connectivity index (χ0v) is 17.8. The van der Waals surface area contributed by atoms with Gasteiger partial charge in [-0.15, -0.1) is 0 Å². The summed E-state index contributed by atoms with van der Waals surface area (Å²) in [6.45, 7) is -0.187. The van der Waals surface area contributed by atoms with Gasteiger partial charge in [0, 0.05) is 11.3 Å². The number of hydrogen-bond donors (Lipinski definition) is 2. The second kappa shape index (κ2) is 8.72. The molecule has 1 unspecified atom stereocenters. The van der Waals surface area contributed by atoms with Crippen LogP contribution in [0.4, 0.5) is 11.4 Å². The summed E-state index contributed by atoms with van der Waals surface area (Å²) >= 11 is 0. The van der Waals surface area contributed by atoms with Crippen molar-refractivity contribution in [2.75, 3.05) is 16.2 Å². The second-order valence-electron chi connectivity index (χ2n) is 7.28. The van der Waals surface area contributed by atoms with Gasteiger partial charge in [-0.3, -0.25) is 13.9 Å². The molecule has 1 heterocycles. The smallest absolute Gasteiger partial charge is 0.267 e. The predicted molar refractivity (Wildman–Crippen MR) is 121 cm³/mol. The zero-order valence-electron chi connectivity index (χ0n) is 17.0. The molecule has 1 atom stereocenters. The fourth-order valence-electron chi connectivity index (χ4n) is 3.44. The third kappa shape index (κ3) is 4.57. The molecule has 0 saturated heterocycles. The first-order valence-electron chi connectivity index (χ1n) is 9.84. The average Bonchev–Trinajstić information content (AvgIpc) is 2.78. The van der Waals surface area contributed by atoms with Gasteiger partial charge in [0.15, 0.2) is 6.10 Å². The third-order valence-electron chi connectivity index (χ3n) is 4.97. The molecule has 4 rings (SSSR count). The van der Waals surface area contributed by atoms with E-state index < -0.39 is 27.9 Å². The Balaban J connectivity index is 1.60. The van der Waals surface area contributed by atoms with Crippen LogP contribution < -0.4 is 20.1 Å². The Bertz CT molecular complexity index is 1260. The largest absolute Gasteiger partial charge is 0.476 e. The van der Waals surface area contributed by atoms with E-state index in [4.69, 9.17) is 10.5 Å². The maximum atomic E-state index is 13.3. The summed E-state index contributed by atoms with van der Waals surface area (Å²) in [5.74, 6) is -1.08. The third-order valence-corrected chi connectivity index (χ3v) is 6.69. The SMILES string of the molecule is NC(=O)c1cccc(NC(=O)C2CN(S(=O)(=O)Cc3ccccc3)c3ccccc3O2)c1. The van der Waals surface area contributed by atoms with Crippen LogP contribution in [0.2, 0.25) is 0 Å². The summed E-state index contributed by atoms with van der Waals surface area (Å²) in [7, 11) is -3.79. The number of sulfonamides is 1. The number of nitrogens with two attached hydrogens (primary N) is 1. The van der Waals surface area contributed by atoms with Crippen LogP contribution in [0, 0.1) is 0 Å². The van der Waals surface area contributed by atoms with Gasteiger partial charge in [0.1, 0.15) is 5.75 Å². The Kier molecular flexibility index (Phi) is 5.83. The average molecular weight is 452 g/mol. The van der Waals surface area contributed by atoms with Gasteiger partial charge in [-0.25, -0.2) is 8.42 Å². The van der Waals surface area contributed by atoms with Crippen LogP contribution in [-0.4, -0.2) is 32.9 Å². The molecule has 0 radical (unpaired) electrons. The maximum Gasteiger partial charge on any atom is 0.267 e. The number of nitrogens with one attached hydrogen (secondary N) is 1. The monoisotopic (exact) mass is 451 g/mol.